The molecule has 0 saturated carbocycles. The topological polar surface area (TPSA) is 114 Å². The third-order valence-corrected chi connectivity index (χ3v) is 25.8. The van der Waals surface area contributed by atoms with E-state index >= 15 is 0 Å². The molecule has 0 fully saturated rings. The second-order valence-corrected chi connectivity index (χ2v) is 37.4. The first kappa shape index (κ1) is 109. The molecule has 6 nitrogen and oxygen atoms in total. The van der Waals surface area contributed by atoms with Crippen LogP contribution in [0.3, 0.4) is 0 Å². The van der Waals surface area contributed by atoms with Crippen molar-refractivity contribution in [3.63, 3.8) is 0 Å². The van der Waals surface area contributed by atoms with E-state index in [-0.39, 0.29) is 58.7 Å². The molecule has 0 aliphatic carbocycles. The Morgan fingerprint density at radius 2 is 0.257 bits per heavy atom. The average molecular weight is 1690 g/mol. The maximum atomic E-state index is 11.0. The molecule has 109 heavy (non-hydrogen) atoms. The van der Waals surface area contributed by atoms with Crippen LogP contribution in [0.25, 0.3) is 0 Å². The van der Waals surface area contributed by atoms with Crippen LogP contribution >= 0.6 is 0 Å². The molecule has 9 heteroatoms. The van der Waals surface area contributed by atoms with Crippen molar-refractivity contribution in [2.75, 3.05) is 0 Å². The number of unbranched alkanes of at least 4 members (excludes halogenated alkanes) is 82. The molecule has 0 saturated heterocycles. The maximum Gasteiger partial charge on any atom is 2.00 e. The van der Waals surface area contributed by atoms with Crippen molar-refractivity contribution >= 4 is 69.1 Å². The number of benzene rings is 2. The normalized spacial score (nSPS) is 11.8. The van der Waals surface area contributed by atoms with E-state index in [4.69, 9.17) is 0 Å². The first-order valence-corrected chi connectivity index (χ1v) is 52.0. The van der Waals surface area contributed by atoms with E-state index in [0.29, 0.717) is 0 Å². The maximum absolute atomic E-state index is 11.0. The monoisotopic (exact) mass is 1690 g/mol. The second kappa shape index (κ2) is 88.6. The van der Waals surface area contributed by atoms with Crippen LogP contribution in [-0.4, -0.2) is 74.8 Å². The average Bonchev–Trinajstić information content (AvgIpc) is 0.869. The van der Waals surface area contributed by atoms with Gasteiger partial charge in [0.15, 0.2) is 0 Å². The summed E-state index contributed by atoms with van der Waals surface area (Å²) in [5.41, 5.74) is 2.23. The van der Waals surface area contributed by atoms with E-state index in [9.17, 15) is 25.9 Å². The molecular weight excluding hydrogens is 1500 g/mol. The minimum atomic E-state index is -4.33. The summed E-state index contributed by atoms with van der Waals surface area (Å²) in [7, 11) is -8.67. The van der Waals surface area contributed by atoms with Crippen LogP contribution < -0.4 is 0 Å². The van der Waals surface area contributed by atoms with Crippen molar-refractivity contribution in [2.45, 2.75) is 576 Å². The van der Waals surface area contributed by atoms with E-state index in [2.05, 4.69) is 13.8 Å². The van der Waals surface area contributed by atoms with Gasteiger partial charge in [-0.25, -0.2) is 16.8 Å². The summed E-state index contributed by atoms with van der Waals surface area (Å²) >= 11 is 0. The zero-order valence-electron chi connectivity index (χ0n) is 73.4. The SMILES string of the molecule is CCCCCCCCCCCCCCCCCCCCCCCCCCCCCCCCCCCCCCCCCCCCc1ccc(S(=O)(=O)[O-])cc1.CCCCCCCCCCCCCCCCCCCCCCCCCCCCCCCCCCCCCCCCCCCCc1ccc(S(=O)(=O)[O-])cc1.[Ba+2]. The van der Waals surface area contributed by atoms with Crippen molar-refractivity contribution in [1.82, 2.24) is 0 Å². The molecule has 0 N–H and O–H groups in total. The van der Waals surface area contributed by atoms with Crippen LogP contribution in [0.5, 0.6) is 0 Å². The van der Waals surface area contributed by atoms with Gasteiger partial charge < -0.3 is 9.11 Å². The molecule has 2 aromatic rings. The summed E-state index contributed by atoms with van der Waals surface area (Å²) in [5.74, 6) is 0. The zero-order valence-corrected chi connectivity index (χ0v) is 79.5. The van der Waals surface area contributed by atoms with Gasteiger partial charge in [-0.15, -0.1) is 0 Å². The van der Waals surface area contributed by atoms with Crippen molar-refractivity contribution in [3.05, 3.63) is 59.7 Å². The first-order valence-electron chi connectivity index (χ1n) is 49.2. The zero-order chi connectivity index (χ0) is 77.8. The van der Waals surface area contributed by atoms with Crippen LogP contribution in [0.2, 0.25) is 0 Å². The molecule has 0 aliphatic rings. The molecule has 0 aromatic heterocycles. The van der Waals surface area contributed by atoms with Crippen LogP contribution in [0.1, 0.15) is 564 Å². The molecule has 2 aromatic carbocycles. The largest absolute Gasteiger partial charge is 2.00 e. The van der Waals surface area contributed by atoms with Gasteiger partial charge >= 0.3 is 48.9 Å². The summed E-state index contributed by atoms with van der Waals surface area (Å²) in [6.45, 7) is 4.61. The molecule has 0 atom stereocenters. The fourth-order valence-corrected chi connectivity index (χ4v) is 17.5. The fraction of sp³-hybridized carbons (Fsp3) is 0.880. The molecule has 0 radical (unpaired) electrons. The third kappa shape index (κ3) is 84.1. The van der Waals surface area contributed by atoms with Crippen LogP contribution in [-0.2, 0) is 33.1 Å². The van der Waals surface area contributed by atoms with E-state index < -0.39 is 20.2 Å². The molecule has 0 heterocycles. The molecule has 0 aliphatic heterocycles. The Balaban J connectivity index is 0.00000212. The van der Waals surface area contributed by atoms with Gasteiger partial charge in [0.05, 0.1) is 9.79 Å². The van der Waals surface area contributed by atoms with Crippen molar-refractivity contribution in [1.29, 1.82) is 0 Å². The van der Waals surface area contributed by atoms with E-state index in [1.54, 1.807) is 24.3 Å². The van der Waals surface area contributed by atoms with Gasteiger partial charge in [0, 0.05) is 0 Å². The van der Waals surface area contributed by atoms with Gasteiger partial charge in [0.1, 0.15) is 20.2 Å². The predicted molar refractivity (Wildman–Crippen MR) is 481 cm³/mol. The van der Waals surface area contributed by atoms with Crippen LogP contribution in [0, 0.1) is 0 Å². The van der Waals surface area contributed by atoms with Gasteiger partial charge in [-0.2, -0.15) is 0 Å². The summed E-state index contributed by atoms with van der Waals surface area (Å²) in [6.07, 6.45) is 123. The molecule has 0 bridgehead atoms. The van der Waals surface area contributed by atoms with E-state index in [0.717, 1.165) is 36.8 Å². The minimum absolute atomic E-state index is 0. The first-order chi connectivity index (χ1) is 53.1. The van der Waals surface area contributed by atoms with Crippen molar-refractivity contribution in [3.8, 4) is 0 Å². The van der Waals surface area contributed by atoms with Gasteiger partial charge in [-0.3, -0.25) is 0 Å². The molecule has 0 unspecified atom stereocenters. The Morgan fingerprint density at radius 3 is 0.349 bits per heavy atom. The molecule has 636 valence electrons. The van der Waals surface area contributed by atoms with Crippen LogP contribution in [0.4, 0.5) is 0 Å². The van der Waals surface area contributed by atoms with Gasteiger partial charge in [-0.05, 0) is 61.1 Å². The summed E-state index contributed by atoms with van der Waals surface area (Å²) in [6, 6.07) is 12.8. The predicted octanol–water partition coefficient (Wildman–Crippen LogP) is 34.7. The quantitative estimate of drug-likeness (QED) is 0.0370. The number of rotatable bonds is 88. The van der Waals surface area contributed by atoms with Crippen LogP contribution in [0.15, 0.2) is 58.3 Å². The molecule has 0 spiro atoms. The number of aryl methyl sites for hydroxylation is 2. The van der Waals surface area contributed by atoms with E-state index in [1.807, 2.05) is 0 Å². The molecular formula is C100H186BaO6S2. The smallest absolute Gasteiger partial charge is 0.744 e. The summed E-state index contributed by atoms with van der Waals surface area (Å²) < 4.78 is 66.1. The fourth-order valence-electron chi connectivity index (χ4n) is 16.6. The second-order valence-electron chi connectivity index (χ2n) is 34.7. The molecule has 2 rings (SSSR count). The number of hydrogen-bond acceptors (Lipinski definition) is 6. The van der Waals surface area contributed by atoms with Gasteiger partial charge in [-0.1, -0.05) is 565 Å². The van der Waals surface area contributed by atoms with E-state index in [1.165, 1.54) is 551 Å². The van der Waals surface area contributed by atoms with Gasteiger partial charge in [0.2, 0.25) is 0 Å². The molecule has 0 amide bonds. The standard InChI is InChI=1S/2C50H94O3S.Ba/c2*1-2-3-4-5-6-7-8-9-10-11-12-13-14-15-16-17-18-19-20-21-22-23-24-25-26-27-28-29-30-31-32-33-34-35-36-37-38-39-40-41-42-43-44-49-45-47-50(48-46-49)54(51,52)53;/h2*45-48H,2-44H2,1H3,(H,51,52,53);/q;;+2/p-2. The Bertz CT molecular complexity index is 2110. The Labute approximate surface area is 723 Å². The van der Waals surface area contributed by atoms with Gasteiger partial charge in [0.25, 0.3) is 0 Å². The summed E-state index contributed by atoms with van der Waals surface area (Å²) in [4.78, 5) is -0.262. The Kier molecular flexibility index (Phi) is 88.5. The third-order valence-electron chi connectivity index (χ3n) is 24.1. The number of hydrogen-bond donors (Lipinski definition) is 0. The Morgan fingerprint density at radius 1 is 0.165 bits per heavy atom. The van der Waals surface area contributed by atoms with Crippen molar-refractivity contribution in [2.24, 2.45) is 0 Å². The van der Waals surface area contributed by atoms with Crippen molar-refractivity contribution < 1.29 is 25.9 Å². The Hall–Kier alpha value is -0.169. The minimum Gasteiger partial charge on any atom is -0.744 e. The summed E-state index contributed by atoms with van der Waals surface area (Å²) in [5, 5.41) is 0.